The number of amides is 1. The summed E-state index contributed by atoms with van der Waals surface area (Å²) in [5.74, 6) is 0. The predicted molar refractivity (Wildman–Crippen MR) is 35.7 cm³/mol. The van der Waals surface area contributed by atoms with Gasteiger partial charge in [0.05, 0.1) is 0 Å². The molecule has 3 nitrogen and oxygen atoms in total. The van der Waals surface area contributed by atoms with E-state index in [0.29, 0.717) is 0 Å². The lowest BCUT2D eigenvalue weighted by atomic mass is 10.1. The molecule has 1 N–H and O–H groups in total. The maximum absolute atomic E-state index is 12.0. The van der Waals surface area contributed by atoms with Crippen LogP contribution >= 0.6 is 0 Å². The number of nitrogens with one attached hydrogen (secondary N) is 1. The van der Waals surface area contributed by atoms with Crippen molar-refractivity contribution < 1.29 is 22.7 Å². The van der Waals surface area contributed by atoms with Gasteiger partial charge in [-0.25, -0.2) is 4.79 Å². The third kappa shape index (κ3) is 2.60. The Balaban J connectivity index is 4.33. The van der Waals surface area contributed by atoms with Crippen molar-refractivity contribution in [1.82, 2.24) is 5.32 Å². The zero-order valence-corrected chi connectivity index (χ0v) is 6.95. The van der Waals surface area contributed by atoms with Gasteiger partial charge in [0.1, 0.15) is 0 Å². The molecule has 1 amide bonds. The number of ether oxygens (including phenoxy) is 1. The fraction of sp³-hybridized carbons (Fsp3) is 0.833. The molecule has 0 atom stereocenters. The third-order valence-corrected chi connectivity index (χ3v) is 1.23. The number of alkyl carbamates (subject to hydrolysis) is 1. The standard InChI is InChI=1S/C6H10F3NO2/c1-5(2,6(7,8)9)12-4(11)10-3/h1-3H3,(H,10,11). The Bertz CT molecular complexity index is 176. The molecular formula is C6H10F3NO2. The van der Waals surface area contributed by atoms with E-state index in [1.807, 2.05) is 5.32 Å². The summed E-state index contributed by atoms with van der Waals surface area (Å²) in [6, 6.07) is 0. The van der Waals surface area contributed by atoms with Crippen LogP contribution in [0.1, 0.15) is 13.8 Å². The van der Waals surface area contributed by atoms with Gasteiger partial charge in [-0.1, -0.05) is 0 Å². The average Bonchev–Trinajstić information content (AvgIpc) is 1.84. The van der Waals surface area contributed by atoms with Gasteiger partial charge >= 0.3 is 12.3 Å². The molecule has 0 aromatic rings. The minimum Gasteiger partial charge on any atom is -0.434 e. The molecule has 0 aliphatic carbocycles. The molecule has 0 aromatic carbocycles. The molecule has 0 rings (SSSR count). The fourth-order valence-corrected chi connectivity index (χ4v) is 0.341. The van der Waals surface area contributed by atoms with Gasteiger partial charge in [0, 0.05) is 7.05 Å². The molecule has 0 bridgehead atoms. The van der Waals surface area contributed by atoms with E-state index in [1.54, 1.807) is 0 Å². The Hall–Kier alpha value is -0.940. The second-order valence-electron chi connectivity index (χ2n) is 2.65. The molecule has 0 aliphatic heterocycles. The van der Waals surface area contributed by atoms with Gasteiger partial charge in [-0.3, -0.25) is 0 Å². The van der Waals surface area contributed by atoms with Crippen LogP contribution in [0.5, 0.6) is 0 Å². The van der Waals surface area contributed by atoms with Crippen LogP contribution in [0.2, 0.25) is 0 Å². The molecule has 6 heteroatoms. The van der Waals surface area contributed by atoms with Gasteiger partial charge in [-0.2, -0.15) is 13.2 Å². The lowest BCUT2D eigenvalue weighted by Gasteiger charge is -2.27. The maximum atomic E-state index is 12.0. The number of hydrogen-bond acceptors (Lipinski definition) is 2. The Kier molecular flexibility index (Phi) is 2.95. The van der Waals surface area contributed by atoms with Crippen LogP contribution in [0.15, 0.2) is 0 Å². The molecule has 0 unspecified atom stereocenters. The van der Waals surface area contributed by atoms with Crippen LogP contribution in [0.25, 0.3) is 0 Å². The number of carbonyl (C=O) groups excluding carboxylic acids is 1. The van der Waals surface area contributed by atoms with Gasteiger partial charge in [0.25, 0.3) is 0 Å². The summed E-state index contributed by atoms with van der Waals surface area (Å²) >= 11 is 0. The fourth-order valence-electron chi connectivity index (χ4n) is 0.341. The highest BCUT2D eigenvalue weighted by atomic mass is 19.4. The maximum Gasteiger partial charge on any atom is 0.427 e. The van der Waals surface area contributed by atoms with Crippen molar-refractivity contribution in [2.75, 3.05) is 7.05 Å². The van der Waals surface area contributed by atoms with Gasteiger partial charge in [-0.05, 0) is 13.8 Å². The molecule has 0 heterocycles. The van der Waals surface area contributed by atoms with E-state index >= 15 is 0 Å². The summed E-state index contributed by atoms with van der Waals surface area (Å²) in [5, 5.41) is 1.93. The number of halogens is 3. The lowest BCUT2D eigenvalue weighted by molar-refractivity contribution is -0.243. The number of hydrogen-bond donors (Lipinski definition) is 1. The average molecular weight is 185 g/mol. The van der Waals surface area contributed by atoms with E-state index in [0.717, 1.165) is 13.8 Å². The molecule has 0 aromatic heterocycles. The topological polar surface area (TPSA) is 38.3 Å². The van der Waals surface area contributed by atoms with Crippen molar-refractivity contribution >= 4 is 6.09 Å². The van der Waals surface area contributed by atoms with E-state index in [2.05, 4.69) is 4.74 Å². The first-order valence-electron chi connectivity index (χ1n) is 3.18. The zero-order valence-electron chi connectivity index (χ0n) is 6.95. The van der Waals surface area contributed by atoms with Gasteiger partial charge < -0.3 is 10.1 Å². The summed E-state index contributed by atoms with van der Waals surface area (Å²) in [7, 11) is 1.19. The minimum absolute atomic E-state index is 0.780. The van der Waals surface area contributed by atoms with Crippen molar-refractivity contribution in [3.8, 4) is 0 Å². The summed E-state index contributed by atoms with van der Waals surface area (Å²) in [6.45, 7) is 1.56. The van der Waals surface area contributed by atoms with Crippen LogP contribution in [0.4, 0.5) is 18.0 Å². The van der Waals surface area contributed by atoms with Gasteiger partial charge in [0.15, 0.2) is 0 Å². The molecule has 0 aliphatic rings. The normalized spacial score (nSPS) is 12.5. The number of carbonyl (C=O) groups is 1. The first-order chi connectivity index (χ1) is 5.20. The Morgan fingerprint density at radius 2 is 1.75 bits per heavy atom. The molecular weight excluding hydrogens is 175 g/mol. The Morgan fingerprint density at radius 3 is 2.00 bits per heavy atom. The van der Waals surface area contributed by atoms with E-state index in [-0.39, 0.29) is 0 Å². The Morgan fingerprint density at radius 1 is 1.33 bits per heavy atom. The lowest BCUT2D eigenvalue weighted by Crippen LogP contribution is -2.45. The minimum atomic E-state index is -4.56. The monoisotopic (exact) mass is 185 g/mol. The number of rotatable bonds is 1. The molecule has 0 spiro atoms. The van der Waals surface area contributed by atoms with Crippen LogP contribution in [0, 0.1) is 0 Å². The second-order valence-corrected chi connectivity index (χ2v) is 2.65. The molecule has 12 heavy (non-hydrogen) atoms. The zero-order chi connectivity index (χ0) is 9.99. The third-order valence-electron chi connectivity index (χ3n) is 1.23. The molecule has 0 radical (unpaired) electrons. The van der Waals surface area contributed by atoms with Gasteiger partial charge in [0.2, 0.25) is 5.60 Å². The van der Waals surface area contributed by atoms with E-state index in [4.69, 9.17) is 0 Å². The van der Waals surface area contributed by atoms with E-state index < -0.39 is 17.9 Å². The Labute approximate surface area is 67.9 Å². The molecule has 72 valence electrons. The van der Waals surface area contributed by atoms with Crippen molar-refractivity contribution in [3.63, 3.8) is 0 Å². The highest BCUT2D eigenvalue weighted by Crippen LogP contribution is 2.32. The smallest absolute Gasteiger partial charge is 0.427 e. The van der Waals surface area contributed by atoms with E-state index in [9.17, 15) is 18.0 Å². The quantitative estimate of drug-likeness (QED) is 0.674. The summed E-state index contributed by atoms with van der Waals surface area (Å²) in [6.07, 6.45) is -5.66. The summed E-state index contributed by atoms with van der Waals surface area (Å²) in [4.78, 5) is 10.4. The first-order valence-corrected chi connectivity index (χ1v) is 3.18. The van der Waals surface area contributed by atoms with Crippen LogP contribution in [0.3, 0.4) is 0 Å². The molecule has 0 saturated carbocycles. The van der Waals surface area contributed by atoms with E-state index in [1.165, 1.54) is 7.05 Å². The molecule has 0 fully saturated rings. The first kappa shape index (κ1) is 11.1. The second kappa shape index (κ2) is 3.20. The van der Waals surface area contributed by atoms with Crippen molar-refractivity contribution in [1.29, 1.82) is 0 Å². The van der Waals surface area contributed by atoms with Gasteiger partial charge in [-0.15, -0.1) is 0 Å². The molecule has 0 saturated heterocycles. The largest absolute Gasteiger partial charge is 0.434 e. The van der Waals surface area contributed by atoms with Crippen LogP contribution in [-0.4, -0.2) is 24.9 Å². The van der Waals surface area contributed by atoms with Crippen molar-refractivity contribution in [3.05, 3.63) is 0 Å². The van der Waals surface area contributed by atoms with Crippen molar-refractivity contribution in [2.45, 2.75) is 25.6 Å². The highest BCUT2D eigenvalue weighted by molar-refractivity contribution is 5.67. The SMILES string of the molecule is CNC(=O)OC(C)(C)C(F)(F)F. The van der Waals surface area contributed by atoms with Crippen molar-refractivity contribution in [2.24, 2.45) is 0 Å². The number of alkyl halides is 3. The highest BCUT2D eigenvalue weighted by Gasteiger charge is 2.50. The van der Waals surface area contributed by atoms with Crippen LogP contribution < -0.4 is 5.32 Å². The summed E-state index contributed by atoms with van der Waals surface area (Å²) < 4.78 is 40.2. The predicted octanol–water partition coefficient (Wildman–Crippen LogP) is 1.68. The summed E-state index contributed by atoms with van der Waals surface area (Å²) in [5.41, 5.74) is -2.45. The van der Waals surface area contributed by atoms with Crippen LogP contribution in [-0.2, 0) is 4.74 Å².